The molecule has 3 aromatic heterocycles. The molecule has 1 unspecified atom stereocenters. The number of nitrogens with zero attached hydrogens (tertiary/aromatic N) is 3. The van der Waals surface area contributed by atoms with E-state index in [1.807, 2.05) is 34.0 Å². The monoisotopic (exact) mass is 1120 g/mol. The van der Waals surface area contributed by atoms with E-state index in [4.69, 9.17) is 0 Å². The zero-order valence-corrected chi connectivity index (χ0v) is 49.0. The molecule has 0 N–H and O–H groups in total. The third-order valence-corrected chi connectivity index (χ3v) is 20.3. The van der Waals surface area contributed by atoms with Gasteiger partial charge in [0, 0.05) is 109 Å². The third kappa shape index (κ3) is 9.30. The molecule has 11 aromatic carbocycles. The molecule has 398 valence electrons. The highest BCUT2D eigenvalue weighted by molar-refractivity contribution is 7.26. The highest BCUT2D eigenvalue weighted by Crippen LogP contribution is 2.43. The van der Waals surface area contributed by atoms with Gasteiger partial charge in [-0.3, -0.25) is 0 Å². The molecular weight excluding hydrogens is 1060 g/mol. The molecule has 1 atom stereocenters. The van der Waals surface area contributed by atoms with Gasteiger partial charge < -0.3 is 14.7 Å². The summed E-state index contributed by atoms with van der Waals surface area (Å²) in [6, 6.07) is 90.1. The molecule has 0 aliphatic heterocycles. The van der Waals surface area contributed by atoms with E-state index >= 15 is 0 Å². The minimum absolute atomic E-state index is 0.0459. The summed E-state index contributed by atoms with van der Waals surface area (Å²) < 4.78 is 7.87. The van der Waals surface area contributed by atoms with Crippen molar-refractivity contribution < 1.29 is 0 Å². The quantitative estimate of drug-likeness (QED) is 0.128. The second-order valence-corrected chi connectivity index (χ2v) is 25.1. The zero-order valence-electron chi connectivity index (χ0n) is 46.5. The molecule has 0 amide bonds. The van der Waals surface area contributed by atoms with Crippen molar-refractivity contribution in [2.45, 2.75) is 19.9 Å². The number of rotatable bonds is 11. The summed E-state index contributed by atoms with van der Waals surface area (Å²) in [5.41, 5.74) is 18.9. The number of hydrogen-bond acceptors (Lipinski definition) is 6. The van der Waals surface area contributed by atoms with Crippen molar-refractivity contribution in [3.8, 4) is 33.4 Å². The molecule has 83 heavy (non-hydrogen) atoms. The van der Waals surface area contributed by atoms with E-state index in [2.05, 4.69) is 310 Å². The maximum absolute atomic E-state index is 2.50. The van der Waals surface area contributed by atoms with Crippen LogP contribution < -0.4 is 14.7 Å². The Morgan fingerprint density at radius 3 is 1.12 bits per heavy atom. The Morgan fingerprint density at radius 2 is 0.663 bits per heavy atom. The summed E-state index contributed by atoms with van der Waals surface area (Å²) >= 11 is 5.58. The molecule has 1 aliphatic rings. The van der Waals surface area contributed by atoms with Crippen molar-refractivity contribution in [2.75, 3.05) is 28.8 Å². The first-order valence-electron chi connectivity index (χ1n) is 28.3. The summed E-state index contributed by atoms with van der Waals surface area (Å²) in [5.74, 6) is 0. The molecule has 0 saturated heterocycles. The van der Waals surface area contributed by atoms with Crippen LogP contribution in [0.5, 0.6) is 0 Å². The van der Waals surface area contributed by atoms with Crippen molar-refractivity contribution in [1.29, 1.82) is 0 Å². The second kappa shape index (κ2) is 20.9. The zero-order chi connectivity index (χ0) is 55.7. The molecule has 0 radical (unpaired) electrons. The van der Waals surface area contributed by atoms with E-state index in [1.54, 1.807) is 0 Å². The van der Waals surface area contributed by atoms with Crippen molar-refractivity contribution in [3.63, 3.8) is 0 Å². The van der Waals surface area contributed by atoms with Gasteiger partial charge in [-0.25, -0.2) is 0 Å². The number of anilines is 6. The van der Waals surface area contributed by atoms with E-state index in [1.165, 1.54) is 105 Å². The largest absolute Gasteiger partial charge is 0.345 e. The van der Waals surface area contributed by atoms with E-state index in [0.29, 0.717) is 0 Å². The van der Waals surface area contributed by atoms with Gasteiger partial charge in [-0.2, -0.15) is 0 Å². The van der Waals surface area contributed by atoms with Gasteiger partial charge in [-0.1, -0.05) is 140 Å². The average Bonchev–Trinajstić information content (AvgIpc) is 4.36. The summed E-state index contributed by atoms with van der Waals surface area (Å²) in [5, 5.41) is 7.81. The van der Waals surface area contributed by atoms with Gasteiger partial charge in [-0.15, -0.1) is 34.0 Å². The summed E-state index contributed by atoms with van der Waals surface area (Å²) in [6.07, 6.45) is 9.37. The van der Waals surface area contributed by atoms with Gasteiger partial charge in [-0.05, 0) is 197 Å². The number of benzene rings is 11. The molecule has 0 spiro atoms. The summed E-state index contributed by atoms with van der Waals surface area (Å²) in [7, 11) is 4.34. The molecule has 0 saturated carbocycles. The Labute approximate surface area is 496 Å². The van der Waals surface area contributed by atoms with Crippen LogP contribution in [0.25, 0.3) is 99.5 Å². The van der Waals surface area contributed by atoms with Gasteiger partial charge in [0.1, 0.15) is 0 Å². The maximum atomic E-state index is 2.50. The van der Waals surface area contributed by atoms with Crippen molar-refractivity contribution >= 4 is 134 Å². The maximum Gasteiger partial charge on any atom is 0.0712 e. The van der Waals surface area contributed by atoms with Crippen LogP contribution in [0.1, 0.15) is 18.1 Å². The van der Waals surface area contributed by atoms with E-state index in [0.717, 1.165) is 45.0 Å². The first-order valence-corrected chi connectivity index (χ1v) is 30.8. The molecule has 1 aliphatic carbocycles. The topological polar surface area (TPSA) is 9.72 Å². The van der Waals surface area contributed by atoms with Gasteiger partial charge in [0.05, 0.1) is 6.04 Å². The van der Waals surface area contributed by atoms with Crippen LogP contribution in [-0.2, 0) is 0 Å². The molecule has 0 bridgehead atoms. The average molecular weight is 1120 g/mol. The standard InChI is InChI=1S/C77H57N3S3/c1-49-13-5-6-14-64(49)65-39-35-59(28-21-50(65)2)80(63-38-42-77-71(48-63)68-17-9-12-20-74(68)83-77)60-33-26-53(27-34-60)56-44-54(51-22-29-57(30-23-51)78(3)61-36-40-75-69(46-61)66-15-7-10-18-72(66)81-75)43-55(45-56)52-24-31-58(32-25-52)79(4)62-37-41-76-70(47-62)67-16-8-11-19-73(67)82-76/h5-48,59H,1-4H3. The highest BCUT2D eigenvalue weighted by Gasteiger charge is 2.22. The molecule has 3 nitrogen and oxygen atoms in total. The fourth-order valence-corrected chi connectivity index (χ4v) is 15.5. The second-order valence-electron chi connectivity index (χ2n) is 21.9. The van der Waals surface area contributed by atoms with Crippen LogP contribution in [0.4, 0.5) is 34.1 Å². The predicted molar refractivity (Wildman–Crippen MR) is 365 cm³/mol. The molecule has 0 fully saturated rings. The van der Waals surface area contributed by atoms with E-state index < -0.39 is 0 Å². The Hall–Kier alpha value is -9.30. The lowest BCUT2D eigenvalue weighted by molar-refractivity contribution is 0.945. The van der Waals surface area contributed by atoms with Crippen molar-refractivity contribution in [2.24, 2.45) is 0 Å². The fourth-order valence-electron chi connectivity index (χ4n) is 12.3. The number of fused-ring (bicyclic) bond motifs is 9. The van der Waals surface area contributed by atoms with Crippen LogP contribution >= 0.6 is 34.0 Å². The van der Waals surface area contributed by atoms with Gasteiger partial charge in [0.25, 0.3) is 0 Å². The lowest BCUT2D eigenvalue weighted by Gasteiger charge is -2.30. The first kappa shape index (κ1) is 50.6. The van der Waals surface area contributed by atoms with Crippen LogP contribution in [0, 0.1) is 6.92 Å². The van der Waals surface area contributed by atoms with Crippen LogP contribution in [-0.4, -0.2) is 20.1 Å². The molecule has 14 aromatic rings. The highest BCUT2D eigenvalue weighted by atomic mass is 32.1. The Morgan fingerprint density at radius 1 is 0.301 bits per heavy atom. The van der Waals surface area contributed by atoms with Crippen molar-refractivity contribution in [1.82, 2.24) is 0 Å². The van der Waals surface area contributed by atoms with Gasteiger partial charge >= 0.3 is 0 Å². The third-order valence-electron chi connectivity index (χ3n) is 16.9. The summed E-state index contributed by atoms with van der Waals surface area (Å²) in [6.45, 7) is 4.44. The van der Waals surface area contributed by atoms with Gasteiger partial charge in [0.15, 0.2) is 0 Å². The number of aryl methyl sites for hydroxylation is 1. The Kier molecular flexibility index (Phi) is 12.8. The fraction of sp³-hybridized carbons (Fsp3) is 0.0649. The van der Waals surface area contributed by atoms with E-state index in [-0.39, 0.29) is 6.04 Å². The lowest BCUT2D eigenvalue weighted by atomic mass is 9.93. The minimum Gasteiger partial charge on any atom is -0.345 e. The predicted octanol–water partition coefficient (Wildman–Crippen LogP) is 22.7. The Bertz CT molecular complexity index is 4740. The normalized spacial score (nSPS) is 13.5. The minimum atomic E-state index is -0.0459. The summed E-state index contributed by atoms with van der Waals surface area (Å²) in [4.78, 5) is 7.09. The lowest BCUT2D eigenvalue weighted by Crippen LogP contribution is -2.27. The molecule has 3 heterocycles. The van der Waals surface area contributed by atoms with E-state index in [9.17, 15) is 0 Å². The van der Waals surface area contributed by atoms with Gasteiger partial charge in [0.2, 0.25) is 0 Å². The van der Waals surface area contributed by atoms with Crippen LogP contribution in [0.2, 0.25) is 0 Å². The van der Waals surface area contributed by atoms with Crippen LogP contribution in [0.15, 0.2) is 273 Å². The first-order chi connectivity index (χ1) is 40.7. The SMILES string of the molecule is CC1=C(c2ccccc2C)C=CC(N(c2ccc(-c3cc(-c4ccc(N(C)c5ccc6sc7ccccc7c6c5)cc4)cc(-c4ccc(N(C)c5ccc6sc7ccccc7c6c5)cc4)c3)cc2)c2ccc3sc4ccccc4c3c2)C=C1. The molecule has 15 rings (SSSR count). The molecular formula is C77H57N3S3. The van der Waals surface area contributed by atoms with Crippen LogP contribution in [0.3, 0.4) is 0 Å². The number of thiophene rings is 3. The molecule has 6 heteroatoms. The smallest absolute Gasteiger partial charge is 0.0712 e. The number of allylic oxidation sites excluding steroid dienone is 4. The Balaban J connectivity index is 0.799. The number of hydrogen-bond donors (Lipinski definition) is 0. The van der Waals surface area contributed by atoms with Crippen molar-refractivity contribution in [3.05, 3.63) is 284 Å².